The predicted molar refractivity (Wildman–Crippen MR) is 134 cm³/mol. The van der Waals surface area contributed by atoms with E-state index in [0.717, 1.165) is 12.8 Å². The Hall–Kier alpha value is -0.830. The molecular formula is C28H54O3. The molecule has 1 N–H and O–H groups in total. The highest BCUT2D eigenvalue weighted by Gasteiger charge is 2.13. The molecular weight excluding hydrogens is 384 g/mol. The van der Waals surface area contributed by atoms with Crippen molar-refractivity contribution < 1.29 is 14.6 Å². The minimum absolute atomic E-state index is 0.503. The lowest BCUT2D eigenvalue weighted by Crippen LogP contribution is -2.21. The third-order valence-corrected chi connectivity index (χ3v) is 6.21. The largest absolute Gasteiger partial charge is 0.467 e. The summed E-state index contributed by atoms with van der Waals surface area (Å²) in [5, 5.41) is 9.51. The summed E-state index contributed by atoms with van der Waals surface area (Å²) in [7, 11) is 1.32. The third kappa shape index (κ3) is 23.7. The van der Waals surface area contributed by atoms with Gasteiger partial charge >= 0.3 is 5.97 Å². The molecule has 0 saturated heterocycles. The summed E-state index contributed by atoms with van der Waals surface area (Å²) in [6.07, 6.45) is 32.3. The average molecular weight is 439 g/mol. The van der Waals surface area contributed by atoms with E-state index in [-0.39, 0.29) is 0 Å². The van der Waals surface area contributed by atoms with E-state index in [9.17, 15) is 9.90 Å². The van der Waals surface area contributed by atoms with E-state index in [2.05, 4.69) is 23.8 Å². The maximum Gasteiger partial charge on any atom is 0.334 e. The van der Waals surface area contributed by atoms with Gasteiger partial charge in [-0.15, -0.1) is 0 Å². The van der Waals surface area contributed by atoms with Crippen LogP contribution in [0.3, 0.4) is 0 Å². The molecule has 0 aliphatic carbocycles. The maximum atomic E-state index is 11.1. The van der Waals surface area contributed by atoms with E-state index < -0.39 is 12.1 Å². The number of hydrogen-bond acceptors (Lipinski definition) is 3. The number of carbonyl (C=O) groups excluding carboxylic acids is 1. The number of hydrogen-bond donors (Lipinski definition) is 1. The van der Waals surface area contributed by atoms with Gasteiger partial charge in [-0.05, 0) is 32.1 Å². The summed E-state index contributed by atoms with van der Waals surface area (Å²) in [4.78, 5) is 11.1. The summed E-state index contributed by atoms with van der Waals surface area (Å²) < 4.78 is 4.52. The van der Waals surface area contributed by atoms with Gasteiger partial charge in [0.25, 0.3) is 0 Å². The van der Waals surface area contributed by atoms with Gasteiger partial charge in [-0.25, -0.2) is 4.79 Å². The molecule has 31 heavy (non-hydrogen) atoms. The number of unbranched alkanes of at least 4 members (excludes halogenated alkanes) is 19. The summed E-state index contributed by atoms with van der Waals surface area (Å²) in [6.45, 7) is 2.27. The van der Waals surface area contributed by atoms with Gasteiger partial charge < -0.3 is 9.84 Å². The van der Waals surface area contributed by atoms with Gasteiger partial charge in [-0.3, -0.25) is 0 Å². The molecule has 0 fully saturated rings. The van der Waals surface area contributed by atoms with Crippen molar-refractivity contribution in [1.82, 2.24) is 0 Å². The number of carbonyl (C=O) groups is 1. The number of aliphatic hydroxyl groups excluding tert-OH is 1. The quantitative estimate of drug-likeness (QED) is 0.0931. The van der Waals surface area contributed by atoms with Crippen molar-refractivity contribution >= 4 is 5.97 Å². The Morgan fingerprint density at radius 1 is 0.645 bits per heavy atom. The molecule has 0 amide bonds. The number of methoxy groups -OCH3 is 1. The summed E-state index contributed by atoms with van der Waals surface area (Å²) in [6, 6.07) is 0. The second-order valence-corrected chi connectivity index (χ2v) is 9.24. The van der Waals surface area contributed by atoms with E-state index in [1.165, 1.54) is 129 Å². The molecule has 0 spiro atoms. The van der Waals surface area contributed by atoms with E-state index in [0.29, 0.717) is 6.42 Å². The number of rotatable bonds is 24. The second kappa shape index (κ2) is 25.4. The van der Waals surface area contributed by atoms with Crippen molar-refractivity contribution in [2.75, 3.05) is 7.11 Å². The topological polar surface area (TPSA) is 46.5 Å². The van der Waals surface area contributed by atoms with Crippen LogP contribution in [-0.4, -0.2) is 24.3 Å². The molecule has 0 aromatic heterocycles. The van der Waals surface area contributed by atoms with Gasteiger partial charge in [0.05, 0.1) is 7.11 Å². The molecule has 0 aliphatic rings. The first-order chi connectivity index (χ1) is 15.2. The Labute approximate surface area is 194 Å². The zero-order chi connectivity index (χ0) is 22.8. The molecule has 0 saturated carbocycles. The molecule has 0 heterocycles. The lowest BCUT2D eigenvalue weighted by atomic mass is 10.0. The molecule has 0 aromatic carbocycles. The Balaban J connectivity index is 3.12. The van der Waals surface area contributed by atoms with Crippen LogP contribution < -0.4 is 0 Å². The van der Waals surface area contributed by atoms with E-state index >= 15 is 0 Å². The highest BCUT2D eigenvalue weighted by atomic mass is 16.5. The highest BCUT2D eigenvalue weighted by molar-refractivity contribution is 5.74. The first-order valence-electron chi connectivity index (χ1n) is 13.6. The van der Waals surface area contributed by atoms with Crippen LogP contribution in [0.4, 0.5) is 0 Å². The van der Waals surface area contributed by atoms with Gasteiger partial charge in [-0.1, -0.05) is 128 Å². The Bertz CT molecular complexity index is 392. The van der Waals surface area contributed by atoms with Gasteiger partial charge in [-0.2, -0.15) is 0 Å². The molecule has 0 unspecified atom stereocenters. The van der Waals surface area contributed by atoms with Crippen LogP contribution in [0.2, 0.25) is 0 Å². The van der Waals surface area contributed by atoms with Crippen LogP contribution >= 0.6 is 0 Å². The molecule has 3 heteroatoms. The zero-order valence-electron chi connectivity index (χ0n) is 21.1. The minimum Gasteiger partial charge on any atom is -0.467 e. The number of esters is 1. The van der Waals surface area contributed by atoms with E-state index in [1.54, 1.807) is 0 Å². The van der Waals surface area contributed by atoms with E-state index in [4.69, 9.17) is 0 Å². The molecule has 1 atom stereocenters. The van der Waals surface area contributed by atoms with Crippen molar-refractivity contribution in [3.63, 3.8) is 0 Å². The maximum absolute atomic E-state index is 11.1. The average Bonchev–Trinajstić information content (AvgIpc) is 2.78. The summed E-state index contributed by atoms with van der Waals surface area (Å²) in [5.41, 5.74) is 0. The molecule has 0 radical (unpaired) electrons. The fourth-order valence-corrected chi connectivity index (χ4v) is 4.08. The lowest BCUT2D eigenvalue weighted by Gasteiger charge is -2.07. The Morgan fingerprint density at radius 2 is 1.00 bits per heavy atom. The van der Waals surface area contributed by atoms with Gasteiger partial charge in [0.2, 0.25) is 0 Å². The number of allylic oxidation sites excluding steroid dienone is 2. The van der Waals surface area contributed by atoms with Crippen molar-refractivity contribution in [3.8, 4) is 0 Å². The first-order valence-corrected chi connectivity index (χ1v) is 13.6. The monoisotopic (exact) mass is 438 g/mol. The van der Waals surface area contributed by atoms with E-state index in [1.807, 2.05) is 0 Å². The van der Waals surface area contributed by atoms with Gasteiger partial charge in [0.15, 0.2) is 6.10 Å². The Morgan fingerprint density at radius 3 is 1.39 bits per heavy atom. The Kier molecular flexibility index (Phi) is 24.7. The highest BCUT2D eigenvalue weighted by Crippen LogP contribution is 2.14. The minimum atomic E-state index is -0.933. The molecule has 0 aliphatic heterocycles. The lowest BCUT2D eigenvalue weighted by molar-refractivity contribution is -0.150. The van der Waals surface area contributed by atoms with Crippen molar-refractivity contribution in [3.05, 3.63) is 12.2 Å². The van der Waals surface area contributed by atoms with Gasteiger partial charge in [0, 0.05) is 0 Å². The standard InChI is InChI=1S/C28H54O3/c1-3-4-5-6-7-8-9-10-11-12-13-14-15-16-17-18-19-20-21-22-23-24-25-26-27(29)28(30)31-2/h8-9,27,29H,3-7,10-26H2,1-2H3/b9-8-/t27-/m1/s1. The number of ether oxygens (including phenoxy) is 1. The van der Waals surface area contributed by atoms with Crippen LogP contribution in [0.25, 0.3) is 0 Å². The van der Waals surface area contributed by atoms with Crippen molar-refractivity contribution in [1.29, 1.82) is 0 Å². The zero-order valence-corrected chi connectivity index (χ0v) is 21.1. The number of aliphatic hydroxyl groups is 1. The second-order valence-electron chi connectivity index (χ2n) is 9.24. The predicted octanol–water partition coefficient (Wildman–Crippen LogP) is 8.68. The normalized spacial score (nSPS) is 12.5. The van der Waals surface area contributed by atoms with Crippen LogP contribution in [0.1, 0.15) is 148 Å². The molecule has 0 aromatic rings. The third-order valence-electron chi connectivity index (χ3n) is 6.21. The van der Waals surface area contributed by atoms with Crippen LogP contribution in [-0.2, 0) is 9.53 Å². The van der Waals surface area contributed by atoms with Crippen LogP contribution in [0.5, 0.6) is 0 Å². The van der Waals surface area contributed by atoms with Crippen molar-refractivity contribution in [2.24, 2.45) is 0 Å². The first kappa shape index (κ1) is 30.2. The van der Waals surface area contributed by atoms with Crippen LogP contribution in [0, 0.1) is 0 Å². The molecule has 3 nitrogen and oxygen atoms in total. The smallest absolute Gasteiger partial charge is 0.334 e. The summed E-state index contributed by atoms with van der Waals surface area (Å²) >= 11 is 0. The van der Waals surface area contributed by atoms with Crippen LogP contribution in [0.15, 0.2) is 12.2 Å². The fourth-order valence-electron chi connectivity index (χ4n) is 4.08. The summed E-state index contributed by atoms with van der Waals surface area (Å²) in [5.74, 6) is -0.503. The van der Waals surface area contributed by atoms with Crippen molar-refractivity contribution in [2.45, 2.75) is 154 Å². The fraction of sp³-hybridized carbons (Fsp3) is 0.893. The molecule has 184 valence electrons. The molecule has 0 bridgehead atoms. The SMILES string of the molecule is CCCCCC/C=C\CCCCCCCCCCCCCCCCC[C@@H](O)C(=O)OC. The molecule has 0 rings (SSSR count). The van der Waals surface area contributed by atoms with Gasteiger partial charge in [0.1, 0.15) is 0 Å².